The second kappa shape index (κ2) is 6.92. The van der Waals surface area contributed by atoms with Crippen molar-refractivity contribution < 1.29 is 4.79 Å². The van der Waals surface area contributed by atoms with Crippen LogP contribution >= 0.6 is 0 Å². The van der Waals surface area contributed by atoms with E-state index in [0.717, 1.165) is 42.5 Å². The number of para-hydroxylation sites is 1. The zero-order valence-electron chi connectivity index (χ0n) is 13.5. The van der Waals surface area contributed by atoms with Gasteiger partial charge in [-0.2, -0.15) is 0 Å². The van der Waals surface area contributed by atoms with Crippen molar-refractivity contribution in [2.24, 2.45) is 11.7 Å². The number of likely N-dealkylation sites (tertiary alicyclic amines) is 1. The second-order valence-corrected chi connectivity index (χ2v) is 6.31. The van der Waals surface area contributed by atoms with Gasteiger partial charge in [-0.25, -0.2) is 4.98 Å². The average Bonchev–Trinajstić information content (AvgIpc) is 2.59. The molecule has 1 aliphatic heterocycles. The maximum absolute atomic E-state index is 12.4. The highest BCUT2D eigenvalue weighted by molar-refractivity contribution is 5.92. The highest BCUT2D eigenvalue weighted by Gasteiger charge is 2.24. The first kappa shape index (κ1) is 15.7. The second-order valence-electron chi connectivity index (χ2n) is 6.31. The van der Waals surface area contributed by atoms with Crippen molar-refractivity contribution >= 4 is 22.9 Å². The molecule has 4 nitrogen and oxygen atoms in total. The van der Waals surface area contributed by atoms with E-state index in [1.54, 1.807) is 12.2 Å². The summed E-state index contributed by atoms with van der Waals surface area (Å²) in [6, 6.07) is 12.1. The van der Waals surface area contributed by atoms with Crippen LogP contribution in [0.2, 0.25) is 0 Å². The molecule has 0 bridgehead atoms. The van der Waals surface area contributed by atoms with Crippen LogP contribution in [0, 0.1) is 5.92 Å². The fraction of sp³-hybridized carbons (Fsp3) is 0.368. The molecule has 1 aromatic heterocycles. The average molecular weight is 309 g/mol. The van der Waals surface area contributed by atoms with E-state index in [0.29, 0.717) is 5.92 Å². The van der Waals surface area contributed by atoms with Gasteiger partial charge in [-0.1, -0.05) is 24.3 Å². The van der Waals surface area contributed by atoms with Gasteiger partial charge in [-0.15, -0.1) is 0 Å². The van der Waals surface area contributed by atoms with E-state index in [4.69, 9.17) is 5.73 Å². The van der Waals surface area contributed by atoms with E-state index in [9.17, 15) is 4.79 Å². The number of rotatable bonds is 3. The van der Waals surface area contributed by atoms with E-state index in [1.807, 2.05) is 48.2 Å². The predicted molar refractivity (Wildman–Crippen MR) is 93.7 cm³/mol. The van der Waals surface area contributed by atoms with Gasteiger partial charge in [0.2, 0.25) is 5.91 Å². The number of carbonyl (C=O) groups excluding carboxylic acids is 1. The van der Waals surface area contributed by atoms with Gasteiger partial charge in [0.1, 0.15) is 0 Å². The molecule has 0 saturated carbocycles. The Bertz CT molecular complexity index is 723. The summed E-state index contributed by atoms with van der Waals surface area (Å²) in [7, 11) is 0. The van der Waals surface area contributed by atoms with Crippen LogP contribution in [0.5, 0.6) is 0 Å². The first-order chi connectivity index (χ1) is 11.1. The number of amides is 1. The number of fused-ring (bicyclic) bond motifs is 1. The summed E-state index contributed by atoms with van der Waals surface area (Å²) in [5, 5.41) is 1.10. The van der Waals surface area contributed by atoms with Crippen LogP contribution in [0.1, 0.15) is 25.5 Å². The molecule has 0 spiro atoms. The lowest BCUT2D eigenvalue weighted by molar-refractivity contribution is -0.127. The molecule has 1 fully saturated rings. The molecule has 2 atom stereocenters. The molecule has 3 rings (SSSR count). The van der Waals surface area contributed by atoms with Crippen molar-refractivity contribution in [2.45, 2.75) is 25.8 Å². The van der Waals surface area contributed by atoms with E-state index < -0.39 is 0 Å². The fourth-order valence-electron chi connectivity index (χ4n) is 3.08. The summed E-state index contributed by atoms with van der Waals surface area (Å²) >= 11 is 0. The Morgan fingerprint density at radius 1 is 1.35 bits per heavy atom. The Labute approximate surface area is 137 Å². The van der Waals surface area contributed by atoms with Crippen molar-refractivity contribution in [3.8, 4) is 0 Å². The van der Waals surface area contributed by atoms with Crippen LogP contribution < -0.4 is 5.73 Å². The maximum Gasteiger partial charge on any atom is 0.246 e. The number of nitrogens with zero attached hydrogens (tertiary/aromatic N) is 2. The monoisotopic (exact) mass is 309 g/mol. The van der Waals surface area contributed by atoms with Crippen molar-refractivity contribution in [3.63, 3.8) is 0 Å². The SMILES string of the molecule is CC(N)C1CCCN(C(=O)C=Cc2ccc3ccccc3n2)C1. The molecule has 4 heteroatoms. The molecule has 2 unspecified atom stereocenters. The Balaban J connectivity index is 1.69. The Morgan fingerprint density at radius 2 is 2.17 bits per heavy atom. The molecule has 1 aromatic carbocycles. The molecule has 0 aliphatic carbocycles. The van der Waals surface area contributed by atoms with Crippen LogP contribution in [0.25, 0.3) is 17.0 Å². The van der Waals surface area contributed by atoms with E-state index in [1.165, 1.54) is 0 Å². The number of aromatic nitrogens is 1. The lowest BCUT2D eigenvalue weighted by Gasteiger charge is -2.34. The van der Waals surface area contributed by atoms with Gasteiger partial charge in [-0.3, -0.25) is 4.79 Å². The number of pyridine rings is 1. The van der Waals surface area contributed by atoms with E-state index in [-0.39, 0.29) is 11.9 Å². The van der Waals surface area contributed by atoms with Crippen LogP contribution in [0.3, 0.4) is 0 Å². The first-order valence-corrected chi connectivity index (χ1v) is 8.22. The molecular formula is C19H23N3O. The summed E-state index contributed by atoms with van der Waals surface area (Å²) < 4.78 is 0. The molecule has 1 saturated heterocycles. The van der Waals surface area contributed by atoms with Gasteiger partial charge in [0.05, 0.1) is 11.2 Å². The minimum absolute atomic E-state index is 0.0466. The maximum atomic E-state index is 12.4. The van der Waals surface area contributed by atoms with Crippen LogP contribution in [0.15, 0.2) is 42.5 Å². The van der Waals surface area contributed by atoms with Gasteiger partial charge >= 0.3 is 0 Å². The molecule has 0 radical (unpaired) electrons. The molecule has 1 amide bonds. The topological polar surface area (TPSA) is 59.2 Å². The summed E-state index contributed by atoms with van der Waals surface area (Å²) in [5.41, 5.74) is 7.73. The number of hydrogen-bond donors (Lipinski definition) is 1. The van der Waals surface area contributed by atoms with Crippen LogP contribution in [-0.2, 0) is 4.79 Å². The standard InChI is InChI=1S/C19H23N3O/c1-14(20)16-6-4-12-22(13-16)19(23)11-10-17-9-8-15-5-2-3-7-18(15)21-17/h2-3,5,7-11,14,16H,4,6,12-13,20H2,1H3. The lowest BCUT2D eigenvalue weighted by Crippen LogP contribution is -2.44. The zero-order valence-corrected chi connectivity index (χ0v) is 13.5. The number of hydrogen-bond acceptors (Lipinski definition) is 3. The van der Waals surface area contributed by atoms with Crippen molar-refractivity contribution in [1.82, 2.24) is 9.88 Å². The molecule has 2 aromatic rings. The van der Waals surface area contributed by atoms with Crippen molar-refractivity contribution in [1.29, 1.82) is 0 Å². The van der Waals surface area contributed by atoms with Crippen molar-refractivity contribution in [3.05, 3.63) is 48.2 Å². The highest BCUT2D eigenvalue weighted by Crippen LogP contribution is 2.19. The Morgan fingerprint density at radius 3 is 3.00 bits per heavy atom. The first-order valence-electron chi connectivity index (χ1n) is 8.22. The predicted octanol–water partition coefficient (Wildman–Crippen LogP) is 2.83. The highest BCUT2D eigenvalue weighted by atomic mass is 16.2. The number of carbonyl (C=O) groups is 1. The molecule has 2 heterocycles. The smallest absolute Gasteiger partial charge is 0.246 e. The lowest BCUT2D eigenvalue weighted by atomic mass is 9.92. The van der Waals surface area contributed by atoms with Crippen LogP contribution in [-0.4, -0.2) is 34.9 Å². The summed E-state index contributed by atoms with van der Waals surface area (Å²) in [6.07, 6.45) is 5.56. The third-order valence-electron chi connectivity index (χ3n) is 4.53. The van der Waals surface area contributed by atoms with Gasteiger partial charge in [0, 0.05) is 30.6 Å². The van der Waals surface area contributed by atoms with E-state index in [2.05, 4.69) is 4.98 Å². The molecule has 1 aliphatic rings. The number of piperidine rings is 1. The minimum atomic E-state index is 0.0466. The van der Waals surface area contributed by atoms with Crippen LogP contribution in [0.4, 0.5) is 0 Å². The normalized spacial score (nSPS) is 20.1. The quantitative estimate of drug-likeness (QED) is 0.887. The Kier molecular flexibility index (Phi) is 4.72. The third kappa shape index (κ3) is 3.77. The van der Waals surface area contributed by atoms with Gasteiger partial charge < -0.3 is 10.6 Å². The minimum Gasteiger partial charge on any atom is -0.339 e. The molecule has 23 heavy (non-hydrogen) atoms. The van der Waals surface area contributed by atoms with Gasteiger partial charge in [0.25, 0.3) is 0 Å². The van der Waals surface area contributed by atoms with Gasteiger partial charge in [-0.05, 0) is 43.9 Å². The fourth-order valence-corrected chi connectivity index (χ4v) is 3.08. The summed E-state index contributed by atoms with van der Waals surface area (Å²) in [4.78, 5) is 18.8. The molecule has 120 valence electrons. The Hall–Kier alpha value is -2.20. The zero-order chi connectivity index (χ0) is 16.2. The van der Waals surface area contributed by atoms with Crippen molar-refractivity contribution in [2.75, 3.05) is 13.1 Å². The largest absolute Gasteiger partial charge is 0.339 e. The number of benzene rings is 1. The third-order valence-corrected chi connectivity index (χ3v) is 4.53. The molecule has 2 N–H and O–H groups in total. The molecular weight excluding hydrogens is 286 g/mol. The van der Waals surface area contributed by atoms with Gasteiger partial charge in [0.15, 0.2) is 0 Å². The number of nitrogens with two attached hydrogens (primary N) is 1. The summed E-state index contributed by atoms with van der Waals surface area (Å²) in [5.74, 6) is 0.449. The summed E-state index contributed by atoms with van der Waals surface area (Å²) in [6.45, 7) is 3.59. The van der Waals surface area contributed by atoms with E-state index >= 15 is 0 Å².